The number of benzene rings is 2. The van der Waals surface area contributed by atoms with Crippen LogP contribution in [0.4, 0.5) is 0 Å². The number of nitrogens with zero attached hydrogens (tertiary/aromatic N) is 2. The van der Waals surface area contributed by atoms with Crippen LogP contribution in [0.25, 0.3) is 22.5 Å². The Kier molecular flexibility index (Phi) is 4.46. The van der Waals surface area contributed by atoms with E-state index in [0.717, 1.165) is 11.1 Å². The maximum absolute atomic E-state index is 9.59. The van der Waals surface area contributed by atoms with Crippen LogP contribution in [0.1, 0.15) is 17.0 Å². The molecule has 0 bridgehead atoms. The zero-order valence-electron chi connectivity index (χ0n) is 12.5. The van der Waals surface area contributed by atoms with Crippen molar-refractivity contribution in [2.75, 3.05) is 0 Å². The first-order valence-corrected chi connectivity index (χ1v) is 7.70. The highest BCUT2D eigenvalue weighted by atomic mass is 35.5. The van der Waals surface area contributed by atoms with Crippen LogP contribution < -0.4 is 0 Å². The highest BCUT2D eigenvalue weighted by Gasteiger charge is 2.14. The Morgan fingerprint density at radius 3 is 2.67 bits per heavy atom. The van der Waals surface area contributed by atoms with Crippen molar-refractivity contribution in [3.63, 3.8) is 0 Å². The third-order valence-corrected chi connectivity index (χ3v) is 3.93. The Bertz CT molecular complexity index is 912. The van der Waals surface area contributed by atoms with Gasteiger partial charge in [-0.2, -0.15) is 4.98 Å². The lowest BCUT2D eigenvalue weighted by atomic mass is 10.1. The van der Waals surface area contributed by atoms with Gasteiger partial charge in [0.1, 0.15) is 5.03 Å². The lowest BCUT2D eigenvalue weighted by Crippen LogP contribution is -1.85. The average Bonchev–Trinajstić information content (AvgIpc) is 3.03. The van der Waals surface area contributed by atoms with Gasteiger partial charge >= 0.3 is 0 Å². The summed E-state index contributed by atoms with van der Waals surface area (Å²) < 4.78 is 5.19. The van der Waals surface area contributed by atoms with Crippen LogP contribution in [0.15, 0.2) is 40.9 Å². The molecule has 7 heteroatoms. The Morgan fingerprint density at radius 1 is 1.21 bits per heavy atom. The molecule has 1 heterocycles. The molecule has 2 N–H and O–H groups in total. The molecule has 0 saturated heterocycles. The summed E-state index contributed by atoms with van der Waals surface area (Å²) in [6.07, 6.45) is 1.50. The van der Waals surface area contributed by atoms with E-state index in [1.807, 2.05) is 31.2 Å². The molecule has 0 amide bonds. The van der Waals surface area contributed by atoms with Crippen LogP contribution in [0.5, 0.6) is 11.5 Å². The van der Waals surface area contributed by atoms with E-state index >= 15 is 0 Å². The number of hydrogen-bond acceptors (Lipinski definition) is 5. The number of aryl methyl sites for hydroxylation is 1. The van der Waals surface area contributed by atoms with Crippen molar-refractivity contribution >= 4 is 34.3 Å². The van der Waals surface area contributed by atoms with E-state index in [2.05, 4.69) is 10.1 Å². The minimum absolute atomic E-state index is 0.0110. The van der Waals surface area contributed by atoms with Gasteiger partial charge in [-0.25, -0.2) is 0 Å². The second-order valence-corrected chi connectivity index (χ2v) is 5.92. The fraction of sp³-hybridized carbons (Fsp3) is 0.0588. The van der Waals surface area contributed by atoms with E-state index in [1.165, 1.54) is 18.2 Å². The third kappa shape index (κ3) is 3.22. The van der Waals surface area contributed by atoms with Gasteiger partial charge in [0.2, 0.25) is 5.82 Å². The molecule has 0 aliphatic carbocycles. The van der Waals surface area contributed by atoms with E-state index in [-0.39, 0.29) is 27.4 Å². The second kappa shape index (κ2) is 6.55. The SMILES string of the molecule is Cc1ccccc1-c1noc(/C(Cl)=C/c2cc(O)c(O)c(Cl)c2)n1. The van der Waals surface area contributed by atoms with Crippen LogP contribution >= 0.6 is 23.2 Å². The summed E-state index contributed by atoms with van der Waals surface area (Å²) in [5, 5.41) is 23.2. The van der Waals surface area contributed by atoms with Crippen LogP contribution in [-0.4, -0.2) is 20.4 Å². The lowest BCUT2D eigenvalue weighted by Gasteiger charge is -2.02. The smallest absolute Gasteiger partial charge is 0.269 e. The Morgan fingerprint density at radius 2 is 1.96 bits per heavy atom. The van der Waals surface area contributed by atoms with Crippen molar-refractivity contribution in [1.29, 1.82) is 0 Å². The molecule has 0 spiro atoms. The highest BCUT2D eigenvalue weighted by molar-refractivity contribution is 6.50. The number of aromatic nitrogens is 2. The molecule has 0 saturated carbocycles. The molecule has 1 aromatic heterocycles. The fourth-order valence-corrected chi connectivity index (χ4v) is 2.58. The number of phenolic OH excluding ortho intramolecular Hbond substituents is 2. The van der Waals surface area contributed by atoms with Gasteiger partial charge < -0.3 is 14.7 Å². The van der Waals surface area contributed by atoms with Crippen molar-refractivity contribution in [1.82, 2.24) is 10.1 Å². The lowest BCUT2D eigenvalue weighted by molar-refractivity contribution is 0.404. The number of rotatable bonds is 3. The monoisotopic (exact) mass is 362 g/mol. The summed E-state index contributed by atoms with van der Waals surface area (Å²) in [5.41, 5.74) is 2.35. The first-order chi connectivity index (χ1) is 11.5. The van der Waals surface area contributed by atoms with E-state index in [0.29, 0.717) is 11.4 Å². The van der Waals surface area contributed by atoms with Gasteiger partial charge in [-0.15, -0.1) is 0 Å². The predicted octanol–water partition coefficient (Wildman–Crippen LogP) is 4.85. The molecule has 0 aliphatic heterocycles. The summed E-state index contributed by atoms with van der Waals surface area (Å²) in [6, 6.07) is 10.4. The molecular formula is C17H12Cl2N2O3. The molecule has 5 nitrogen and oxygen atoms in total. The first kappa shape index (κ1) is 16.4. The van der Waals surface area contributed by atoms with E-state index < -0.39 is 0 Å². The summed E-state index contributed by atoms with van der Waals surface area (Å²) >= 11 is 12.0. The molecule has 3 aromatic rings. The standard InChI is InChI=1S/C17H12Cl2N2O3/c1-9-4-2-3-5-11(9)16-20-17(24-21-16)13(19)7-10-6-12(18)15(23)14(22)8-10/h2-8,22-23H,1H3/b13-7-. The summed E-state index contributed by atoms with van der Waals surface area (Å²) in [4.78, 5) is 4.28. The average molecular weight is 363 g/mol. The van der Waals surface area contributed by atoms with Crippen LogP contribution in [-0.2, 0) is 0 Å². The Hall–Kier alpha value is -2.50. The van der Waals surface area contributed by atoms with Crippen molar-refractivity contribution in [3.8, 4) is 22.9 Å². The molecule has 0 atom stereocenters. The van der Waals surface area contributed by atoms with Gasteiger partial charge in [0, 0.05) is 5.56 Å². The quantitative estimate of drug-likeness (QED) is 0.651. The minimum atomic E-state index is -0.385. The molecule has 0 aliphatic rings. The normalized spacial score (nSPS) is 11.7. The summed E-state index contributed by atoms with van der Waals surface area (Å²) in [5.74, 6) is -0.159. The van der Waals surface area contributed by atoms with Crippen LogP contribution in [0.3, 0.4) is 0 Å². The Balaban J connectivity index is 1.94. The van der Waals surface area contributed by atoms with E-state index in [1.54, 1.807) is 0 Å². The predicted molar refractivity (Wildman–Crippen MR) is 93.0 cm³/mol. The van der Waals surface area contributed by atoms with Gasteiger partial charge in [-0.1, -0.05) is 52.6 Å². The van der Waals surface area contributed by atoms with Gasteiger partial charge in [0.25, 0.3) is 5.89 Å². The zero-order chi connectivity index (χ0) is 17.3. The molecule has 0 unspecified atom stereocenters. The maximum Gasteiger partial charge on any atom is 0.269 e. The van der Waals surface area contributed by atoms with Gasteiger partial charge in [0.15, 0.2) is 11.5 Å². The highest BCUT2D eigenvalue weighted by Crippen LogP contribution is 2.35. The number of phenols is 2. The minimum Gasteiger partial charge on any atom is -0.504 e. The van der Waals surface area contributed by atoms with Crippen LogP contribution in [0.2, 0.25) is 5.02 Å². The maximum atomic E-state index is 9.59. The van der Waals surface area contributed by atoms with Crippen molar-refractivity contribution in [3.05, 3.63) is 58.4 Å². The van der Waals surface area contributed by atoms with Gasteiger partial charge in [0.05, 0.1) is 5.02 Å². The van der Waals surface area contributed by atoms with Crippen molar-refractivity contribution in [2.45, 2.75) is 6.92 Å². The number of hydrogen-bond donors (Lipinski definition) is 2. The summed E-state index contributed by atoms with van der Waals surface area (Å²) in [7, 11) is 0. The molecule has 0 fully saturated rings. The number of halogens is 2. The zero-order valence-corrected chi connectivity index (χ0v) is 14.0. The third-order valence-electron chi connectivity index (χ3n) is 3.38. The summed E-state index contributed by atoms with van der Waals surface area (Å²) in [6.45, 7) is 1.95. The molecule has 0 radical (unpaired) electrons. The molecule has 24 heavy (non-hydrogen) atoms. The van der Waals surface area contributed by atoms with Crippen molar-refractivity contribution < 1.29 is 14.7 Å². The van der Waals surface area contributed by atoms with E-state index in [4.69, 9.17) is 27.7 Å². The Labute approximate surface area is 147 Å². The molecule has 2 aromatic carbocycles. The van der Waals surface area contributed by atoms with Crippen LogP contribution in [0, 0.1) is 6.92 Å². The topological polar surface area (TPSA) is 79.4 Å². The second-order valence-electron chi connectivity index (χ2n) is 5.10. The number of aromatic hydroxyl groups is 2. The largest absolute Gasteiger partial charge is 0.504 e. The fourth-order valence-electron chi connectivity index (χ4n) is 2.15. The first-order valence-electron chi connectivity index (χ1n) is 6.94. The van der Waals surface area contributed by atoms with Gasteiger partial charge in [-0.3, -0.25) is 0 Å². The van der Waals surface area contributed by atoms with Crippen molar-refractivity contribution in [2.24, 2.45) is 0 Å². The molecular weight excluding hydrogens is 351 g/mol. The molecule has 122 valence electrons. The van der Waals surface area contributed by atoms with E-state index in [9.17, 15) is 10.2 Å². The molecule has 3 rings (SSSR count). The van der Waals surface area contributed by atoms with Gasteiger partial charge in [-0.05, 0) is 36.3 Å².